The van der Waals surface area contributed by atoms with E-state index in [1.54, 1.807) is 37.7 Å². The number of hydrogen-bond acceptors (Lipinski definition) is 6. The lowest BCUT2D eigenvalue weighted by Gasteiger charge is -2.26. The van der Waals surface area contributed by atoms with Crippen LogP contribution in [0.15, 0.2) is 61.4 Å². The summed E-state index contributed by atoms with van der Waals surface area (Å²) in [7, 11) is 1.62. The number of hydrogen-bond donors (Lipinski definition) is 1. The van der Waals surface area contributed by atoms with E-state index in [2.05, 4.69) is 20.3 Å². The summed E-state index contributed by atoms with van der Waals surface area (Å²) in [6.07, 6.45) is 7.78. The number of carbonyl (C=O) groups excluding carboxylic acids is 2. The number of pyridine rings is 1. The quantitative estimate of drug-likeness (QED) is 0.401. The predicted octanol–water partition coefficient (Wildman–Crippen LogP) is 3.76. The van der Waals surface area contributed by atoms with Crippen molar-refractivity contribution in [3.63, 3.8) is 0 Å². The van der Waals surface area contributed by atoms with Crippen LogP contribution in [-0.2, 0) is 21.5 Å². The van der Waals surface area contributed by atoms with Gasteiger partial charge < -0.3 is 14.6 Å². The Hall–Kier alpha value is -3.98. The molecule has 174 valence electrons. The standard InChI is InChI=1S/C25H24FN5O3/c1-25(2,14-34-3)31-13-21(20-12-28-15-29-24(20)31)23(33)17-9-19(11-27-10-17)30-22(32)8-16-4-6-18(26)7-5-16/h4-7,9-13,15H,8,14H2,1-3H3,(H,30,32). The molecular weight excluding hydrogens is 437 g/mol. The number of carbonyl (C=O) groups is 2. The number of amides is 1. The Balaban J connectivity index is 1.60. The summed E-state index contributed by atoms with van der Waals surface area (Å²) >= 11 is 0. The molecule has 4 aromatic rings. The zero-order valence-electron chi connectivity index (χ0n) is 19.1. The van der Waals surface area contributed by atoms with E-state index in [4.69, 9.17) is 4.74 Å². The zero-order valence-corrected chi connectivity index (χ0v) is 19.1. The van der Waals surface area contributed by atoms with Gasteiger partial charge in [-0.05, 0) is 37.6 Å². The van der Waals surface area contributed by atoms with E-state index in [0.717, 1.165) is 0 Å². The molecule has 0 aliphatic heterocycles. The van der Waals surface area contributed by atoms with Crippen LogP contribution in [0.25, 0.3) is 11.0 Å². The lowest BCUT2D eigenvalue weighted by molar-refractivity contribution is -0.115. The second-order valence-electron chi connectivity index (χ2n) is 8.56. The second kappa shape index (κ2) is 9.48. The average Bonchev–Trinajstić information content (AvgIpc) is 3.21. The minimum Gasteiger partial charge on any atom is -0.382 e. The van der Waals surface area contributed by atoms with E-state index in [-0.39, 0.29) is 23.9 Å². The highest BCUT2D eigenvalue weighted by atomic mass is 19.1. The van der Waals surface area contributed by atoms with Crippen LogP contribution in [0.2, 0.25) is 0 Å². The molecule has 3 aromatic heterocycles. The van der Waals surface area contributed by atoms with Crippen LogP contribution in [0.4, 0.5) is 10.1 Å². The molecule has 0 saturated heterocycles. The van der Waals surface area contributed by atoms with Crippen molar-refractivity contribution in [2.24, 2.45) is 0 Å². The number of ether oxygens (including phenoxy) is 1. The minimum atomic E-state index is -0.450. The molecular formula is C25H24FN5O3. The van der Waals surface area contributed by atoms with Crippen molar-refractivity contribution in [1.29, 1.82) is 0 Å². The Labute approximate surface area is 195 Å². The Bertz CT molecular complexity index is 1350. The molecule has 0 aliphatic rings. The fourth-order valence-electron chi connectivity index (χ4n) is 3.81. The van der Waals surface area contributed by atoms with Gasteiger partial charge >= 0.3 is 0 Å². The second-order valence-corrected chi connectivity index (χ2v) is 8.56. The van der Waals surface area contributed by atoms with E-state index >= 15 is 0 Å². The molecule has 9 heteroatoms. The number of nitrogens with one attached hydrogen (secondary N) is 1. The summed E-state index contributed by atoms with van der Waals surface area (Å²) < 4.78 is 20.3. The third-order valence-electron chi connectivity index (χ3n) is 5.42. The van der Waals surface area contributed by atoms with Crippen LogP contribution in [0.5, 0.6) is 0 Å². The first-order valence-corrected chi connectivity index (χ1v) is 10.6. The number of nitrogens with zero attached hydrogens (tertiary/aromatic N) is 4. The summed E-state index contributed by atoms with van der Waals surface area (Å²) in [6.45, 7) is 4.40. The maximum Gasteiger partial charge on any atom is 0.228 e. The SMILES string of the molecule is COCC(C)(C)n1cc(C(=O)c2cncc(NC(=O)Cc3ccc(F)cc3)c2)c2cncnc21. The molecule has 1 aromatic carbocycles. The van der Waals surface area contributed by atoms with Gasteiger partial charge in [0.15, 0.2) is 5.78 Å². The van der Waals surface area contributed by atoms with Gasteiger partial charge in [0.2, 0.25) is 5.91 Å². The van der Waals surface area contributed by atoms with Gasteiger partial charge in [-0.25, -0.2) is 14.4 Å². The molecule has 8 nitrogen and oxygen atoms in total. The monoisotopic (exact) mass is 461 g/mol. The number of ketones is 1. The van der Waals surface area contributed by atoms with E-state index in [0.29, 0.717) is 40.0 Å². The molecule has 0 fully saturated rings. The summed E-state index contributed by atoms with van der Waals surface area (Å²) in [4.78, 5) is 38.4. The number of rotatable bonds is 8. The van der Waals surface area contributed by atoms with Crippen molar-refractivity contribution in [3.8, 4) is 0 Å². The Kier molecular flexibility index (Phi) is 6.47. The first kappa shape index (κ1) is 23.2. The molecule has 0 atom stereocenters. The van der Waals surface area contributed by atoms with Gasteiger partial charge in [-0.1, -0.05) is 12.1 Å². The molecule has 4 rings (SSSR count). The van der Waals surface area contributed by atoms with Crippen molar-refractivity contribution >= 4 is 28.4 Å². The van der Waals surface area contributed by atoms with Crippen molar-refractivity contribution in [1.82, 2.24) is 19.5 Å². The molecule has 0 aliphatic carbocycles. The van der Waals surface area contributed by atoms with E-state index < -0.39 is 5.54 Å². The van der Waals surface area contributed by atoms with Gasteiger partial charge in [0.1, 0.15) is 17.8 Å². The third kappa shape index (κ3) is 4.84. The lowest BCUT2D eigenvalue weighted by Crippen LogP contribution is -2.31. The summed E-state index contributed by atoms with van der Waals surface area (Å²) in [6, 6.07) is 7.28. The van der Waals surface area contributed by atoms with Gasteiger partial charge in [0, 0.05) is 36.7 Å². The van der Waals surface area contributed by atoms with Crippen LogP contribution >= 0.6 is 0 Å². The highest BCUT2D eigenvalue weighted by Gasteiger charge is 2.27. The highest BCUT2D eigenvalue weighted by Crippen LogP contribution is 2.28. The van der Waals surface area contributed by atoms with Crippen molar-refractivity contribution < 1.29 is 18.7 Å². The van der Waals surface area contributed by atoms with Gasteiger partial charge in [-0.15, -0.1) is 0 Å². The smallest absolute Gasteiger partial charge is 0.228 e. The first-order chi connectivity index (χ1) is 16.3. The van der Waals surface area contributed by atoms with E-state index in [1.807, 2.05) is 18.4 Å². The summed E-state index contributed by atoms with van der Waals surface area (Å²) in [5.41, 5.74) is 1.97. The first-order valence-electron chi connectivity index (χ1n) is 10.6. The predicted molar refractivity (Wildman–Crippen MR) is 125 cm³/mol. The molecule has 34 heavy (non-hydrogen) atoms. The normalized spacial score (nSPS) is 11.5. The van der Waals surface area contributed by atoms with E-state index in [9.17, 15) is 14.0 Å². The number of anilines is 1. The minimum absolute atomic E-state index is 0.0673. The zero-order chi connectivity index (χ0) is 24.3. The number of fused-ring (bicyclic) bond motifs is 1. The van der Waals surface area contributed by atoms with Crippen LogP contribution < -0.4 is 5.32 Å². The summed E-state index contributed by atoms with van der Waals surface area (Å²) in [5.74, 6) is -0.935. The maximum atomic E-state index is 13.4. The molecule has 1 amide bonds. The molecule has 0 saturated carbocycles. The van der Waals surface area contributed by atoms with Gasteiger partial charge in [-0.2, -0.15) is 0 Å². The molecule has 0 radical (unpaired) electrons. The van der Waals surface area contributed by atoms with Crippen LogP contribution in [0.3, 0.4) is 0 Å². The Morgan fingerprint density at radius 1 is 1.12 bits per heavy atom. The highest BCUT2D eigenvalue weighted by molar-refractivity contribution is 6.16. The largest absolute Gasteiger partial charge is 0.382 e. The fourth-order valence-corrected chi connectivity index (χ4v) is 3.81. The van der Waals surface area contributed by atoms with Crippen LogP contribution in [-0.4, -0.2) is 44.9 Å². The average molecular weight is 461 g/mol. The number of halogens is 1. The fraction of sp³-hybridized carbons (Fsp3) is 0.240. The van der Waals surface area contributed by atoms with Gasteiger partial charge in [0.25, 0.3) is 0 Å². The van der Waals surface area contributed by atoms with Crippen molar-refractivity contribution in [2.45, 2.75) is 25.8 Å². The lowest BCUT2D eigenvalue weighted by atomic mass is 10.1. The molecule has 0 bridgehead atoms. The maximum absolute atomic E-state index is 13.4. The molecule has 3 heterocycles. The topological polar surface area (TPSA) is 99.0 Å². The van der Waals surface area contributed by atoms with Crippen LogP contribution in [0.1, 0.15) is 35.3 Å². The number of aromatic nitrogens is 4. The van der Waals surface area contributed by atoms with Gasteiger partial charge in [0.05, 0.1) is 36.0 Å². The number of benzene rings is 1. The number of methoxy groups -OCH3 is 1. The van der Waals surface area contributed by atoms with Crippen LogP contribution in [0, 0.1) is 5.82 Å². The van der Waals surface area contributed by atoms with Gasteiger partial charge in [-0.3, -0.25) is 14.6 Å². The summed E-state index contributed by atoms with van der Waals surface area (Å²) in [5, 5.41) is 3.35. The molecule has 1 N–H and O–H groups in total. The van der Waals surface area contributed by atoms with E-state index in [1.165, 1.54) is 30.9 Å². The Morgan fingerprint density at radius 3 is 2.62 bits per heavy atom. The van der Waals surface area contributed by atoms with Crippen molar-refractivity contribution in [2.75, 3.05) is 19.0 Å². The van der Waals surface area contributed by atoms with Crippen molar-refractivity contribution in [3.05, 3.63) is 84.0 Å². The molecule has 0 unspecified atom stereocenters. The molecule has 0 spiro atoms. The Morgan fingerprint density at radius 2 is 1.88 bits per heavy atom. The third-order valence-corrected chi connectivity index (χ3v) is 5.42.